The number of carbonyl (C=O) groups excluding carboxylic acids is 2. The van der Waals surface area contributed by atoms with Gasteiger partial charge in [-0.3, -0.25) is 4.99 Å². The van der Waals surface area contributed by atoms with E-state index in [1.807, 2.05) is 20.8 Å². The first-order valence-corrected chi connectivity index (χ1v) is 7.95. The summed E-state index contributed by atoms with van der Waals surface area (Å²) < 4.78 is 10.1. The molecule has 1 saturated heterocycles. The third-order valence-corrected chi connectivity index (χ3v) is 3.47. The van der Waals surface area contributed by atoms with Crippen molar-refractivity contribution in [3.05, 3.63) is 0 Å². The van der Waals surface area contributed by atoms with Crippen LogP contribution in [0, 0.1) is 5.92 Å². The number of piperidine rings is 1. The van der Waals surface area contributed by atoms with E-state index in [9.17, 15) is 9.59 Å². The fraction of sp³-hybridized carbons (Fsp3) is 0.800. The van der Waals surface area contributed by atoms with E-state index in [0.29, 0.717) is 25.6 Å². The Hall–Kier alpha value is -1.30. The van der Waals surface area contributed by atoms with Crippen molar-refractivity contribution in [1.82, 2.24) is 4.90 Å². The van der Waals surface area contributed by atoms with E-state index in [1.54, 1.807) is 11.8 Å². The lowest BCUT2D eigenvalue weighted by Crippen LogP contribution is -2.42. The topological polar surface area (TPSA) is 68.2 Å². The van der Waals surface area contributed by atoms with Crippen LogP contribution in [-0.2, 0) is 14.3 Å². The molecule has 6 nitrogen and oxygen atoms in total. The Morgan fingerprint density at radius 3 is 2.36 bits per heavy atom. The van der Waals surface area contributed by atoms with Gasteiger partial charge in [0.1, 0.15) is 5.60 Å². The Morgan fingerprint density at radius 2 is 1.86 bits per heavy atom. The predicted molar refractivity (Wildman–Crippen MR) is 85.3 cm³/mol. The van der Waals surface area contributed by atoms with Gasteiger partial charge in [-0.15, -0.1) is 0 Å². The molecule has 0 unspecified atom stereocenters. The molecule has 0 saturated carbocycles. The van der Waals surface area contributed by atoms with Gasteiger partial charge in [-0.05, 0) is 46.5 Å². The van der Waals surface area contributed by atoms with Gasteiger partial charge in [-0.1, -0.05) is 11.6 Å². The van der Waals surface area contributed by atoms with E-state index < -0.39 is 11.6 Å². The molecule has 1 aliphatic heterocycles. The Balaban J connectivity index is 2.38. The van der Waals surface area contributed by atoms with E-state index >= 15 is 0 Å². The van der Waals surface area contributed by atoms with Crippen LogP contribution >= 0.6 is 11.6 Å². The Kier molecular flexibility index (Phi) is 7.13. The van der Waals surface area contributed by atoms with E-state index in [1.165, 1.54) is 0 Å². The monoisotopic (exact) mass is 332 g/mol. The van der Waals surface area contributed by atoms with Crippen molar-refractivity contribution in [3.63, 3.8) is 0 Å². The van der Waals surface area contributed by atoms with E-state index in [-0.39, 0.29) is 17.9 Å². The van der Waals surface area contributed by atoms with E-state index in [4.69, 9.17) is 21.1 Å². The van der Waals surface area contributed by atoms with Crippen LogP contribution in [0.3, 0.4) is 0 Å². The molecule has 1 aliphatic rings. The first-order valence-electron chi connectivity index (χ1n) is 7.58. The molecule has 0 atom stereocenters. The molecule has 1 heterocycles. The third kappa shape index (κ3) is 6.64. The smallest absolute Gasteiger partial charge is 0.410 e. The van der Waals surface area contributed by atoms with Crippen LogP contribution in [0.2, 0.25) is 0 Å². The van der Waals surface area contributed by atoms with Crippen molar-refractivity contribution in [1.29, 1.82) is 0 Å². The molecule has 0 bridgehead atoms. The second kappa shape index (κ2) is 8.36. The lowest BCUT2D eigenvalue weighted by molar-refractivity contribution is -0.134. The van der Waals surface area contributed by atoms with Crippen LogP contribution in [0.1, 0.15) is 40.5 Å². The molecule has 0 aromatic rings. The number of likely N-dealkylation sites (tertiary alicyclic amines) is 1. The number of esters is 1. The Bertz CT molecular complexity index is 424. The van der Waals surface area contributed by atoms with Gasteiger partial charge in [0.2, 0.25) is 5.17 Å². The number of amides is 1. The van der Waals surface area contributed by atoms with E-state index in [2.05, 4.69) is 4.99 Å². The molecule has 126 valence electrons. The Labute approximate surface area is 136 Å². The summed E-state index contributed by atoms with van der Waals surface area (Å²) in [7, 11) is 0. The number of aliphatic imine (C=N–C) groups is 1. The first-order chi connectivity index (χ1) is 10.2. The van der Waals surface area contributed by atoms with Crippen LogP contribution in [0.4, 0.5) is 4.79 Å². The summed E-state index contributed by atoms with van der Waals surface area (Å²) in [6.07, 6.45) is 1.35. The number of halogens is 1. The molecule has 0 aromatic carbocycles. The van der Waals surface area contributed by atoms with Gasteiger partial charge in [0, 0.05) is 19.6 Å². The van der Waals surface area contributed by atoms with Crippen LogP contribution in [0.5, 0.6) is 0 Å². The molecule has 0 N–H and O–H groups in total. The van der Waals surface area contributed by atoms with Crippen molar-refractivity contribution in [2.24, 2.45) is 10.9 Å². The second-order valence-electron chi connectivity index (χ2n) is 6.26. The van der Waals surface area contributed by atoms with Crippen LogP contribution < -0.4 is 0 Å². The molecule has 0 spiro atoms. The maximum atomic E-state index is 11.9. The summed E-state index contributed by atoms with van der Waals surface area (Å²) in [6.45, 7) is 9.28. The molecular formula is C15H25ClN2O4. The number of rotatable bonds is 4. The predicted octanol–water partition coefficient (Wildman–Crippen LogP) is 2.83. The summed E-state index contributed by atoms with van der Waals surface area (Å²) in [4.78, 5) is 29.1. The summed E-state index contributed by atoms with van der Waals surface area (Å²) in [5.41, 5.74) is -0.481. The highest BCUT2D eigenvalue weighted by atomic mass is 35.5. The lowest BCUT2D eigenvalue weighted by Gasteiger charge is -2.32. The number of hydrogen-bond donors (Lipinski definition) is 0. The lowest BCUT2D eigenvalue weighted by atomic mass is 9.97. The van der Waals surface area contributed by atoms with Crippen molar-refractivity contribution in [3.8, 4) is 0 Å². The van der Waals surface area contributed by atoms with Crippen molar-refractivity contribution in [2.45, 2.75) is 46.1 Å². The van der Waals surface area contributed by atoms with Crippen molar-refractivity contribution >= 4 is 28.8 Å². The molecule has 0 aliphatic carbocycles. The number of hydrogen-bond acceptors (Lipinski definition) is 5. The minimum atomic E-state index is -0.588. The molecule has 1 fully saturated rings. The molecule has 7 heteroatoms. The minimum absolute atomic E-state index is 0.114. The third-order valence-electron chi connectivity index (χ3n) is 3.20. The van der Waals surface area contributed by atoms with Crippen molar-refractivity contribution < 1.29 is 19.1 Å². The number of nitrogens with zero attached hydrogens (tertiary/aromatic N) is 2. The standard InChI is InChI=1S/C15H25ClN2O4/c1-5-21-13(19)12(16)17-10-11-6-8-18(9-7-11)14(20)22-15(2,3)4/h11H,5-10H2,1-4H3. The molecule has 0 aromatic heterocycles. The SMILES string of the molecule is CCOC(=O)C(Cl)=NCC1CCN(C(=O)OC(C)(C)C)CC1. The summed E-state index contributed by atoms with van der Waals surface area (Å²) in [5.74, 6) is -0.280. The maximum Gasteiger partial charge on any atom is 0.410 e. The average Bonchev–Trinajstić information content (AvgIpc) is 2.43. The fourth-order valence-electron chi connectivity index (χ4n) is 2.09. The van der Waals surface area contributed by atoms with Gasteiger partial charge in [-0.25, -0.2) is 9.59 Å². The zero-order valence-corrected chi connectivity index (χ0v) is 14.5. The zero-order valence-electron chi connectivity index (χ0n) is 13.7. The first kappa shape index (κ1) is 18.7. The highest BCUT2D eigenvalue weighted by molar-refractivity contribution is 6.82. The summed E-state index contributed by atoms with van der Waals surface area (Å²) in [5, 5.41) is -0.114. The second-order valence-corrected chi connectivity index (χ2v) is 6.62. The Morgan fingerprint density at radius 1 is 1.27 bits per heavy atom. The zero-order chi connectivity index (χ0) is 16.8. The van der Waals surface area contributed by atoms with Crippen LogP contribution in [0.25, 0.3) is 0 Å². The fourth-order valence-corrected chi connectivity index (χ4v) is 2.21. The van der Waals surface area contributed by atoms with Gasteiger partial charge in [0.25, 0.3) is 0 Å². The number of ether oxygens (including phenoxy) is 2. The molecule has 22 heavy (non-hydrogen) atoms. The van der Waals surface area contributed by atoms with Gasteiger partial charge in [0.15, 0.2) is 0 Å². The van der Waals surface area contributed by atoms with Crippen LogP contribution in [-0.4, -0.2) is 54.0 Å². The summed E-state index contributed by atoms with van der Waals surface area (Å²) in [6, 6.07) is 0. The summed E-state index contributed by atoms with van der Waals surface area (Å²) >= 11 is 5.77. The molecule has 1 amide bonds. The van der Waals surface area contributed by atoms with Gasteiger partial charge < -0.3 is 14.4 Å². The quantitative estimate of drug-likeness (QED) is 0.586. The minimum Gasteiger partial charge on any atom is -0.461 e. The average molecular weight is 333 g/mol. The maximum absolute atomic E-state index is 11.9. The van der Waals surface area contributed by atoms with Gasteiger partial charge in [-0.2, -0.15) is 0 Å². The highest BCUT2D eigenvalue weighted by Crippen LogP contribution is 2.20. The largest absolute Gasteiger partial charge is 0.461 e. The van der Waals surface area contributed by atoms with Gasteiger partial charge >= 0.3 is 12.1 Å². The van der Waals surface area contributed by atoms with Crippen molar-refractivity contribution in [2.75, 3.05) is 26.2 Å². The molecule has 0 radical (unpaired) electrons. The number of carbonyl (C=O) groups is 2. The van der Waals surface area contributed by atoms with E-state index in [0.717, 1.165) is 12.8 Å². The highest BCUT2D eigenvalue weighted by Gasteiger charge is 2.26. The van der Waals surface area contributed by atoms with Crippen LogP contribution in [0.15, 0.2) is 4.99 Å². The molecule has 1 rings (SSSR count). The normalized spacial score (nSPS) is 17.3. The van der Waals surface area contributed by atoms with Gasteiger partial charge in [0.05, 0.1) is 6.61 Å². The molecular weight excluding hydrogens is 308 g/mol.